The molecule has 0 saturated heterocycles. The van der Waals surface area contributed by atoms with Crippen LogP contribution < -0.4 is 0 Å². The molecule has 1 saturated carbocycles. The summed E-state index contributed by atoms with van der Waals surface area (Å²) in [6.07, 6.45) is 9.50. The minimum absolute atomic E-state index is 0.412. The summed E-state index contributed by atoms with van der Waals surface area (Å²) in [5.41, 5.74) is 0. The van der Waals surface area contributed by atoms with Gasteiger partial charge in [-0.25, -0.2) is 4.37 Å². The highest BCUT2D eigenvalue weighted by Gasteiger charge is 2.19. The van der Waals surface area contributed by atoms with Crippen LogP contribution in [0.1, 0.15) is 37.0 Å². The maximum Gasteiger partial charge on any atom is 0.0409 e. The van der Waals surface area contributed by atoms with Gasteiger partial charge >= 0.3 is 0 Å². The molecular formula is C11H16ClNS. The lowest BCUT2D eigenvalue weighted by atomic mass is 9.96. The van der Waals surface area contributed by atoms with Crippen molar-refractivity contribution in [2.75, 3.05) is 0 Å². The van der Waals surface area contributed by atoms with Crippen LogP contribution in [0.15, 0.2) is 12.3 Å². The molecule has 3 heteroatoms. The number of aromatic nitrogens is 1. The zero-order valence-corrected chi connectivity index (χ0v) is 9.86. The van der Waals surface area contributed by atoms with E-state index in [4.69, 9.17) is 11.6 Å². The molecule has 0 N–H and O–H groups in total. The molecule has 2 rings (SSSR count). The van der Waals surface area contributed by atoms with E-state index in [1.807, 2.05) is 6.20 Å². The number of halogens is 1. The van der Waals surface area contributed by atoms with E-state index in [2.05, 4.69) is 10.4 Å². The average molecular weight is 230 g/mol. The Kier molecular flexibility index (Phi) is 3.82. The van der Waals surface area contributed by atoms with Crippen LogP contribution in [0.2, 0.25) is 0 Å². The Balaban J connectivity index is 1.90. The number of hydrogen-bond acceptors (Lipinski definition) is 2. The van der Waals surface area contributed by atoms with E-state index < -0.39 is 0 Å². The van der Waals surface area contributed by atoms with Crippen LogP contribution in [0.5, 0.6) is 0 Å². The molecule has 0 spiro atoms. The highest BCUT2D eigenvalue weighted by molar-refractivity contribution is 7.05. The molecule has 1 aromatic rings. The van der Waals surface area contributed by atoms with Crippen molar-refractivity contribution in [3.8, 4) is 0 Å². The van der Waals surface area contributed by atoms with E-state index >= 15 is 0 Å². The molecule has 1 aromatic heterocycles. The normalized spacial score (nSPS) is 28.6. The number of rotatable bonds is 2. The molecule has 1 fully saturated rings. The molecule has 0 bridgehead atoms. The number of nitrogens with zero attached hydrogens (tertiary/aromatic N) is 1. The summed E-state index contributed by atoms with van der Waals surface area (Å²) in [7, 11) is 0. The lowest BCUT2D eigenvalue weighted by molar-refractivity contribution is 0.463. The maximum atomic E-state index is 6.24. The van der Waals surface area contributed by atoms with E-state index in [-0.39, 0.29) is 0 Å². The minimum Gasteiger partial charge on any atom is -0.201 e. The van der Waals surface area contributed by atoms with Gasteiger partial charge in [0.05, 0.1) is 0 Å². The molecule has 1 aliphatic rings. The first-order chi connectivity index (χ1) is 6.84. The number of alkyl halides is 1. The van der Waals surface area contributed by atoms with Crippen molar-refractivity contribution in [1.29, 1.82) is 0 Å². The summed E-state index contributed by atoms with van der Waals surface area (Å²) >= 11 is 7.88. The standard InChI is InChI=1S/C11H16ClNS/c12-10-4-2-1-3-9(7-10)8-11-5-6-13-14-11/h5-6,9-10H,1-4,7-8H2. The van der Waals surface area contributed by atoms with Gasteiger partial charge in [0.25, 0.3) is 0 Å². The van der Waals surface area contributed by atoms with Crippen LogP contribution in [0, 0.1) is 5.92 Å². The van der Waals surface area contributed by atoms with Gasteiger partial charge in [0.2, 0.25) is 0 Å². The second-order valence-electron chi connectivity index (χ2n) is 4.17. The third-order valence-electron chi connectivity index (χ3n) is 2.95. The van der Waals surface area contributed by atoms with Gasteiger partial charge in [-0.1, -0.05) is 19.3 Å². The Morgan fingerprint density at radius 1 is 1.43 bits per heavy atom. The zero-order chi connectivity index (χ0) is 9.80. The van der Waals surface area contributed by atoms with Crippen molar-refractivity contribution in [2.24, 2.45) is 5.92 Å². The maximum absolute atomic E-state index is 6.24. The first-order valence-corrected chi connectivity index (χ1v) is 6.59. The van der Waals surface area contributed by atoms with E-state index in [0.717, 1.165) is 5.92 Å². The molecule has 2 unspecified atom stereocenters. The first kappa shape index (κ1) is 10.4. The quantitative estimate of drug-likeness (QED) is 0.554. The third-order valence-corrected chi connectivity index (χ3v) is 4.11. The monoisotopic (exact) mass is 229 g/mol. The lowest BCUT2D eigenvalue weighted by Gasteiger charge is -2.14. The van der Waals surface area contributed by atoms with Gasteiger partial charge in [-0.05, 0) is 42.8 Å². The van der Waals surface area contributed by atoms with Gasteiger partial charge in [0.15, 0.2) is 0 Å². The van der Waals surface area contributed by atoms with Crippen molar-refractivity contribution in [1.82, 2.24) is 4.37 Å². The summed E-state index contributed by atoms with van der Waals surface area (Å²) < 4.78 is 4.14. The summed E-state index contributed by atoms with van der Waals surface area (Å²) in [4.78, 5) is 1.42. The molecular weight excluding hydrogens is 214 g/mol. The number of hydrogen-bond donors (Lipinski definition) is 0. The Labute approximate surface area is 94.6 Å². The fourth-order valence-corrected chi connectivity index (χ4v) is 3.31. The van der Waals surface area contributed by atoms with E-state index in [1.165, 1.54) is 43.4 Å². The fraction of sp³-hybridized carbons (Fsp3) is 0.727. The Bertz CT molecular complexity index is 260. The highest BCUT2D eigenvalue weighted by Crippen LogP contribution is 2.29. The third kappa shape index (κ3) is 2.96. The van der Waals surface area contributed by atoms with E-state index in [9.17, 15) is 0 Å². The van der Waals surface area contributed by atoms with Crippen LogP contribution in [0.25, 0.3) is 0 Å². The van der Waals surface area contributed by atoms with Gasteiger partial charge in [-0.2, -0.15) is 0 Å². The molecule has 1 heterocycles. The Hall–Kier alpha value is -0.0800. The van der Waals surface area contributed by atoms with Crippen LogP contribution in [-0.4, -0.2) is 9.75 Å². The molecule has 1 nitrogen and oxygen atoms in total. The SMILES string of the molecule is ClC1CCCCC(Cc2ccns2)C1. The van der Waals surface area contributed by atoms with Gasteiger partial charge in [-0.15, -0.1) is 11.6 Å². The second-order valence-corrected chi connectivity index (χ2v) is 5.70. The molecule has 78 valence electrons. The summed E-state index contributed by atoms with van der Waals surface area (Å²) in [6.45, 7) is 0. The average Bonchev–Trinajstić information content (AvgIpc) is 2.56. The predicted octanol–water partition coefficient (Wildman–Crippen LogP) is 3.87. The lowest BCUT2D eigenvalue weighted by Crippen LogP contribution is -2.07. The summed E-state index contributed by atoms with van der Waals surface area (Å²) in [6, 6.07) is 2.14. The molecule has 0 amide bonds. The topological polar surface area (TPSA) is 12.9 Å². The van der Waals surface area contributed by atoms with Crippen LogP contribution >= 0.6 is 23.1 Å². The summed E-state index contributed by atoms with van der Waals surface area (Å²) in [5.74, 6) is 0.792. The minimum atomic E-state index is 0.412. The molecule has 1 aliphatic carbocycles. The predicted molar refractivity (Wildman–Crippen MR) is 62.0 cm³/mol. The smallest absolute Gasteiger partial charge is 0.0409 e. The Morgan fingerprint density at radius 3 is 3.07 bits per heavy atom. The molecule has 0 aromatic carbocycles. The van der Waals surface area contributed by atoms with Gasteiger partial charge in [-0.3, -0.25) is 0 Å². The summed E-state index contributed by atoms with van der Waals surface area (Å²) in [5, 5.41) is 0.412. The molecule has 0 aliphatic heterocycles. The fourth-order valence-electron chi connectivity index (χ4n) is 2.21. The second kappa shape index (κ2) is 5.13. The van der Waals surface area contributed by atoms with Crippen molar-refractivity contribution in [2.45, 2.75) is 43.9 Å². The molecule has 14 heavy (non-hydrogen) atoms. The van der Waals surface area contributed by atoms with Crippen LogP contribution in [-0.2, 0) is 6.42 Å². The van der Waals surface area contributed by atoms with Gasteiger partial charge < -0.3 is 0 Å². The molecule has 2 atom stereocenters. The van der Waals surface area contributed by atoms with E-state index in [0.29, 0.717) is 5.38 Å². The van der Waals surface area contributed by atoms with Crippen molar-refractivity contribution < 1.29 is 0 Å². The Morgan fingerprint density at radius 2 is 2.29 bits per heavy atom. The van der Waals surface area contributed by atoms with E-state index in [1.54, 1.807) is 11.5 Å². The van der Waals surface area contributed by atoms with Crippen molar-refractivity contribution in [3.63, 3.8) is 0 Å². The highest BCUT2D eigenvalue weighted by atomic mass is 35.5. The zero-order valence-electron chi connectivity index (χ0n) is 8.29. The first-order valence-electron chi connectivity index (χ1n) is 5.38. The van der Waals surface area contributed by atoms with Crippen molar-refractivity contribution >= 4 is 23.1 Å². The van der Waals surface area contributed by atoms with Gasteiger partial charge in [0.1, 0.15) is 0 Å². The van der Waals surface area contributed by atoms with Crippen LogP contribution in [0.3, 0.4) is 0 Å². The van der Waals surface area contributed by atoms with Gasteiger partial charge in [0, 0.05) is 16.5 Å². The van der Waals surface area contributed by atoms with Crippen molar-refractivity contribution in [3.05, 3.63) is 17.1 Å². The molecule has 0 radical (unpaired) electrons. The van der Waals surface area contributed by atoms with Crippen LogP contribution in [0.4, 0.5) is 0 Å². The largest absolute Gasteiger partial charge is 0.201 e.